The van der Waals surface area contributed by atoms with Gasteiger partial charge in [-0.1, -0.05) is 11.6 Å². The van der Waals surface area contributed by atoms with Gasteiger partial charge in [0.15, 0.2) is 5.82 Å². The number of halogens is 1. The number of anilines is 2. The van der Waals surface area contributed by atoms with Crippen LogP contribution in [0.2, 0.25) is 5.02 Å². The van der Waals surface area contributed by atoms with E-state index in [0.717, 1.165) is 5.76 Å². The molecule has 0 aliphatic heterocycles. The summed E-state index contributed by atoms with van der Waals surface area (Å²) < 4.78 is 5.24. The Morgan fingerprint density at radius 3 is 3.00 bits per heavy atom. The molecule has 0 saturated heterocycles. The van der Waals surface area contributed by atoms with Crippen LogP contribution in [0.5, 0.6) is 0 Å². The van der Waals surface area contributed by atoms with E-state index >= 15 is 0 Å². The number of nitrogens with zero attached hydrogens (tertiary/aromatic N) is 3. The fourth-order valence-electron chi connectivity index (χ4n) is 1.35. The third-order valence-corrected chi connectivity index (χ3v) is 2.50. The highest BCUT2D eigenvalue weighted by atomic mass is 35.5. The minimum absolute atomic E-state index is 0.276. The van der Waals surface area contributed by atoms with Gasteiger partial charge in [-0.15, -0.1) is 0 Å². The molecule has 2 heterocycles. The van der Waals surface area contributed by atoms with Crippen molar-refractivity contribution in [2.24, 2.45) is 0 Å². The molecule has 0 unspecified atom stereocenters. The Balaban J connectivity index is 2.21. The van der Waals surface area contributed by atoms with Gasteiger partial charge in [-0.25, -0.2) is 9.97 Å². The van der Waals surface area contributed by atoms with Crippen LogP contribution in [0.15, 0.2) is 29.1 Å². The maximum Gasteiger partial charge on any atom is 0.153 e. The van der Waals surface area contributed by atoms with Crippen molar-refractivity contribution >= 4 is 23.2 Å². The lowest BCUT2D eigenvalue weighted by Crippen LogP contribution is -2.18. The second kappa shape index (κ2) is 4.40. The van der Waals surface area contributed by atoms with E-state index in [1.54, 1.807) is 6.26 Å². The molecule has 0 aliphatic rings. The fourth-order valence-corrected chi connectivity index (χ4v) is 1.59. The van der Waals surface area contributed by atoms with Crippen LogP contribution >= 0.6 is 11.6 Å². The van der Waals surface area contributed by atoms with Gasteiger partial charge in [0.25, 0.3) is 0 Å². The Morgan fingerprint density at radius 1 is 1.50 bits per heavy atom. The van der Waals surface area contributed by atoms with Gasteiger partial charge in [0.05, 0.1) is 12.8 Å². The first-order valence-electron chi connectivity index (χ1n) is 4.68. The van der Waals surface area contributed by atoms with Crippen LogP contribution in [0.4, 0.5) is 11.6 Å². The highest BCUT2D eigenvalue weighted by Crippen LogP contribution is 2.26. The number of furan rings is 1. The average Bonchev–Trinajstić information content (AvgIpc) is 2.74. The summed E-state index contributed by atoms with van der Waals surface area (Å²) in [6.07, 6.45) is 3.01. The lowest BCUT2D eigenvalue weighted by atomic mass is 10.4. The summed E-state index contributed by atoms with van der Waals surface area (Å²) in [6.45, 7) is 0.573. The lowest BCUT2D eigenvalue weighted by Gasteiger charge is -2.17. The molecule has 0 aliphatic carbocycles. The molecule has 0 spiro atoms. The van der Waals surface area contributed by atoms with Gasteiger partial charge in [0, 0.05) is 7.05 Å². The minimum atomic E-state index is 0.276. The molecule has 0 amide bonds. The van der Waals surface area contributed by atoms with Crippen molar-refractivity contribution in [3.8, 4) is 0 Å². The number of hydrogen-bond donors (Lipinski definition) is 1. The van der Waals surface area contributed by atoms with Gasteiger partial charge in [-0.05, 0) is 12.1 Å². The Kier molecular flexibility index (Phi) is 2.96. The van der Waals surface area contributed by atoms with E-state index in [-0.39, 0.29) is 5.82 Å². The molecular weight excluding hydrogens is 228 g/mol. The molecule has 6 heteroatoms. The largest absolute Gasteiger partial charge is 0.467 e. The van der Waals surface area contributed by atoms with E-state index in [1.807, 2.05) is 24.1 Å². The predicted octanol–water partition coefficient (Wildman–Crippen LogP) is 1.94. The normalized spacial score (nSPS) is 10.4. The molecule has 2 rings (SSSR count). The fraction of sp³-hybridized carbons (Fsp3) is 0.200. The molecular formula is C10H11ClN4O. The van der Waals surface area contributed by atoms with Crippen LogP contribution in [-0.2, 0) is 6.54 Å². The summed E-state index contributed by atoms with van der Waals surface area (Å²) in [7, 11) is 1.86. The summed E-state index contributed by atoms with van der Waals surface area (Å²) in [5.74, 6) is 1.69. The molecule has 0 atom stereocenters. The van der Waals surface area contributed by atoms with Crippen LogP contribution in [0.25, 0.3) is 0 Å². The van der Waals surface area contributed by atoms with Crippen LogP contribution in [0, 0.1) is 0 Å². The monoisotopic (exact) mass is 238 g/mol. The van der Waals surface area contributed by atoms with Gasteiger partial charge in [0.1, 0.15) is 22.9 Å². The topological polar surface area (TPSA) is 68.2 Å². The molecule has 0 bridgehead atoms. The van der Waals surface area contributed by atoms with Crippen molar-refractivity contribution < 1.29 is 4.42 Å². The molecule has 0 radical (unpaired) electrons. The second-order valence-corrected chi connectivity index (χ2v) is 3.71. The zero-order chi connectivity index (χ0) is 11.5. The highest BCUT2D eigenvalue weighted by molar-refractivity contribution is 6.35. The second-order valence-electron chi connectivity index (χ2n) is 3.33. The highest BCUT2D eigenvalue weighted by Gasteiger charge is 2.12. The Bertz CT molecular complexity index is 472. The minimum Gasteiger partial charge on any atom is -0.467 e. The van der Waals surface area contributed by atoms with Gasteiger partial charge >= 0.3 is 0 Å². The van der Waals surface area contributed by atoms with Crippen LogP contribution < -0.4 is 10.6 Å². The first kappa shape index (κ1) is 10.8. The van der Waals surface area contributed by atoms with Crippen molar-refractivity contribution in [2.75, 3.05) is 17.7 Å². The van der Waals surface area contributed by atoms with E-state index in [0.29, 0.717) is 17.4 Å². The van der Waals surface area contributed by atoms with Crippen LogP contribution in [0.1, 0.15) is 5.76 Å². The predicted molar refractivity (Wildman–Crippen MR) is 62.3 cm³/mol. The van der Waals surface area contributed by atoms with Gasteiger partial charge < -0.3 is 15.1 Å². The van der Waals surface area contributed by atoms with E-state index in [1.165, 1.54) is 6.33 Å². The summed E-state index contributed by atoms with van der Waals surface area (Å²) in [5, 5.41) is 0.358. The van der Waals surface area contributed by atoms with Gasteiger partial charge in [0.2, 0.25) is 0 Å². The Hall–Kier alpha value is -1.75. The number of nitrogens with two attached hydrogens (primary N) is 1. The van der Waals surface area contributed by atoms with Crippen LogP contribution in [0.3, 0.4) is 0 Å². The third kappa shape index (κ3) is 2.09. The molecule has 2 aromatic rings. The number of hydrogen-bond acceptors (Lipinski definition) is 5. The third-order valence-electron chi connectivity index (χ3n) is 2.13. The number of aromatic nitrogens is 2. The van der Waals surface area contributed by atoms with Crippen molar-refractivity contribution in [1.82, 2.24) is 9.97 Å². The SMILES string of the molecule is CN(Cc1ccco1)c1ncnc(N)c1Cl. The van der Waals surface area contributed by atoms with E-state index in [2.05, 4.69) is 9.97 Å². The Labute approximate surface area is 97.9 Å². The first-order chi connectivity index (χ1) is 7.68. The standard InChI is InChI=1S/C10H11ClN4O/c1-15(5-7-3-2-4-16-7)10-8(11)9(12)13-6-14-10/h2-4,6H,5H2,1H3,(H2,12,13,14). The van der Waals surface area contributed by atoms with Gasteiger partial charge in [-0.3, -0.25) is 0 Å². The molecule has 84 valence electrons. The molecule has 5 nitrogen and oxygen atoms in total. The average molecular weight is 239 g/mol. The molecule has 0 saturated carbocycles. The van der Waals surface area contributed by atoms with E-state index in [9.17, 15) is 0 Å². The van der Waals surface area contributed by atoms with Crippen molar-refractivity contribution in [3.63, 3.8) is 0 Å². The zero-order valence-electron chi connectivity index (χ0n) is 8.72. The van der Waals surface area contributed by atoms with Crippen molar-refractivity contribution in [1.29, 1.82) is 0 Å². The molecule has 16 heavy (non-hydrogen) atoms. The number of rotatable bonds is 3. The quantitative estimate of drug-likeness (QED) is 0.885. The summed E-state index contributed by atoms with van der Waals surface area (Å²) in [6, 6.07) is 3.72. The maximum absolute atomic E-state index is 6.01. The summed E-state index contributed by atoms with van der Waals surface area (Å²) in [5.41, 5.74) is 5.60. The summed E-state index contributed by atoms with van der Waals surface area (Å²) >= 11 is 6.01. The van der Waals surface area contributed by atoms with Crippen molar-refractivity contribution in [2.45, 2.75) is 6.54 Å². The van der Waals surface area contributed by atoms with Crippen LogP contribution in [-0.4, -0.2) is 17.0 Å². The maximum atomic E-state index is 6.01. The summed E-state index contributed by atoms with van der Waals surface area (Å²) in [4.78, 5) is 9.73. The number of nitrogen functional groups attached to an aromatic ring is 1. The lowest BCUT2D eigenvalue weighted by molar-refractivity contribution is 0.507. The molecule has 2 aromatic heterocycles. The van der Waals surface area contributed by atoms with E-state index < -0.39 is 0 Å². The smallest absolute Gasteiger partial charge is 0.153 e. The molecule has 2 N–H and O–H groups in total. The molecule has 0 fully saturated rings. The first-order valence-corrected chi connectivity index (χ1v) is 5.06. The Morgan fingerprint density at radius 2 is 2.31 bits per heavy atom. The molecule has 0 aromatic carbocycles. The zero-order valence-corrected chi connectivity index (χ0v) is 9.48. The van der Waals surface area contributed by atoms with Crippen molar-refractivity contribution in [3.05, 3.63) is 35.5 Å². The van der Waals surface area contributed by atoms with E-state index in [4.69, 9.17) is 21.8 Å². The van der Waals surface area contributed by atoms with Gasteiger partial charge in [-0.2, -0.15) is 0 Å².